The minimum absolute atomic E-state index is 0.213. The summed E-state index contributed by atoms with van der Waals surface area (Å²) < 4.78 is 13.2. The van der Waals surface area contributed by atoms with Gasteiger partial charge in [0, 0.05) is 12.3 Å². The molecule has 0 radical (unpaired) electrons. The third-order valence-corrected chi connectivity index (χ3v) is 2.54. The van der Waals surface area contributed by atoms with Crippen molar-refractivity contribution in [1.82, 2.24) is 0 Å². The number of anilines is 1. The molecule has 0 saturated carbocycles. The Morgan fingerprint density at radius 1 is 1.57 bits per heavy atom. The van der Waals surface area contributed by atoms with Gasteiger partial charge in [-0.15, -0.1) is 11.6 Å². The molecule has 0 aliphatic carbocycles. The first kappa shape index (κ1) is 11.5. The van der Waals surface area contributed by atoms with Crippen LogP contribution < -0.4 is 5.32 Å². The minimum Gasteiger partial charge on any atom is -0.325 e. The average Bonchev–Trinajstić information content (AvgIpc) is 2.13. The molecule has 76 valence electrons. The lowest BCUT2D eigenvalue weighted by atomic mass is 10.3. The Kier molecular flexibility index (Phi) is 4.35. The van der Waals surface area contributed by atoms with Gasteiger partial charge in [-0.1, -0.05) is 6.07 Å². The maximum absolute atomic E-state index is 13.0. The summed E-state index contributed by atoms with van der Waals surface area (Å²) in [5, 5.41) is 2.54. The van der Waals surface area contributed by atoms with E-state index >= 15 is 0 Å². The molecule has 0 heterocycles. The second-order valence-electron chi connectivity index (χ2n) is 2.59. The Morgan fingerprint density at radius 2 is 2.29 bits per heavy atom. The van der Waals surface area contributed by atoms with Gasteiger partial charge in [0.25, 0.3) is 0 Å². The molecule has 1 aromatic carbocycles. The van der Waals surface area contributed by atoms with Gasteiger partial charge in [0.15, 0.2) is 0 Å². The summed E-state index contributed by atoms with van der Waals surface area (Å²) in [6, 6.07) is 4.44. The number of nitrogens with one attached hydrogen (secondary N) is 1. The molecule has 0 fully saturated rings. The van der Waals surface area contributed by atoms with E-state index in [9.17, 15) is 9.18 Å². The second-order valence-corrected chi connectivity index (χ2v) is 3.76. The summed E-state index contributed by atoms with van der Waals surface area (Å²) in [6.45, 7) is 0. The SMILES string of the molecule is O=C(CCCl)Nc1cccc(F)c1Br. The molecule has 0 saturated heterocycles. The normalized spacial score (nSPS) is 9.93. The Balaban J connectivity index is 2.76. The molecule has 14 heavy (non-hydrogen) atoms. The summed E-state index contributed by atoms with van der Waals surface area (Å²) in [4.78, 5) is 11.1. The zero-order valence-corrected chi connectivity index (χ0v) is 9.53. The van der Waals surface area contributed by atoms with E-state index in [1.807, 2.05) is 0 Å². The van der Waals surface area contributed by atoms with Crippen LogP contribution in [0.15, 0.2) is 22.7 Å². The smallest absolute Gasteiger partial charge is 0.225 e. The van der Waals surface area contributed by atoms with Crippen molar-refractivity contribution in [3.63, 3.8) is 0 Å². The molecule has 1 aromatic rings. The van der Waals surface area contributed by atoms with Crippen molar-refractivity contribution >= 4 is 39.1 Å². The van der Waals surface area contributed by atoms with Gasteiger partial charge in [0.1, 0.15) is 5.82 Å². The number of hydrogen-bond donors (Lipinski definition) is 1. The lowest BCUT2D eigenvalue weighted by Crippen LogP contribution is -2.12. The van der Waals surface area contributed by atoms with Crippen LogP contribution in [0.3, 0.4) is 0 Å². The van der Waals surface area contributed by atoms with Crippen LogP contribution in [0.2, 0.25) is 0 Å². The maximum Gasteiger partial charge on any atom is 0.225 e. The third-order valence-electron chi connectivity index (χ3n) is 1.55. The van der Waals surface area contributed by atoms with Gasteiger partial charge in [-0.25, -0.2) is 4.39 Å². The fraction of sp³-hybridized carbons (Fsp3) is 0.222. The summed E-state index contributed by atoms with van der Waals surface area (Å²) in [5.74, 6) is -0.390. The van der Waals surface area contributed by atoms with E-state index in [4.69, 9.17) is 11.6 Å². The third kappa shape index (κ3) is 2.96. The van der Waals surface area contributed by atoms with E-state index in [0.717, 1.165) is 0 Å². The number of rotatable bonds is 3. The number of halogens is 3. The van der Waals surface area contributed by atoms with Crippen LogP contribution in [0, 0.1) is 5.82 Å². The van der Waals surface area contributed by atoms with E-state index in [-0.39, 0.29) is 22.7 Å². The molecule has 0 bridgehead atoms. The molecular formula is C9H8BrClFNO. The fourth-order valence-electron chi connectivity index (χ4n) is 0.899. The second kappa shape index (κ2) is 5.32. The van der Waals surface area contributed by atoms with Crippen LogP contribution in [0.25, 0.3) is 0 Å². The predicted molar refractivity (Wildman–Crippen MR) is 58.1 cm³/mol. The van der Waals surface area contributed by atoms with Gasteiger partial charge in [0.05, 0.1) is 10.2 Å². The molecule has 0 atom stereocenters. The molecule has 1 N–H and O–H groups in total. The number of alkyl halides is 1. The maximum atomic E-state index is 13.0. The highest BCUT2D eigenvalue weighted by Crippen LogP contribution is 2.25. The fourth-order valence-corrected chi connectivity index (χ4v) is 1.43. The van der Waals surface area contributed by atoms with Crippen molar-refractivity contribution in [2.75, 3.05) is 11.2 Å². The quantitative estimate of drug-likeness (QED) is 0.847. The van der Waals surface area contributed by atoms with Crippen LogP contribution >= 0.6 is 27.5 Å². The van der Waals surface area contributed by atoms with Gasteiger partial charge >= 0.3 is 0 Å². The van der Waals surface area contributed by atoms with Gasteiger partial charge in [0.2, 0.25) is 5.91 Å². The summed E-state index contributed by atoms with van der Waals surface area (Å²) in [6.07, 6.45) is 0.213. The van der Waals surface area contributed by atoms with E-state index in [1.165, 1.54) is 12.1 Å². The predicted octanol–water partition coefficient (Wildman–Crippen LogP) is 3.16. The highest BCUT2D eigenvalue weighted by molar-refractivity contribution is 9.10. The molecular weight excluding hydrogens is 272 g/mol. The Morgan fingerprint density at radius 3 is 2.93 bits per heavy atom. The molecule has 0 aromatic heterocycles. The Labute approximate surface area is 94.6 Å². The summed E-state index contributed by atoms with van der Waals surface area (Å²) in [7, 11) is 0. The molecule has 1 rings (SSSR count). The van der Waals surface area contributed by atoms with Gasteiger partial charge in [-0.3, -0.25) is 4.79 Å². The Bertz CT molecular complexity index is 346. The zero-order chi connectivity index (χ0) is 10.6. The minimum atomic E-state index is -0.409. The highest BCUT2D eigenvalue weighted by Gasteiger charge is 2.07. The molecule has 0 spiro atoms. The van der Waals surface area contributed by atoms with E-state index in [2.05, 4.69) is 21.2 Å². The molecule has 0 unspecified atom stereocenters. The number of amides is 1. The lowest BCUT2D eigenvalue weighted by Gasteiger charge is -2.06. The van der Waals surface area contributed by atoms with Crippen molar-refractivity contribution in [2.45, 2.75) is 6.42 Å². The average molecular weight is 281 g/mol. The lowest BCUT2D eigenvalue weighted by molar-refractivity contribution is -0.115. The number of hydrogen-bond acceptors (Lipinski definition) is 1. The van der Waals surface area contributed by atoms with Crippen molar-refractivity contribution in [1.29, 1.82) is 0 Å². The first-order chi connectivity index (χ1) is 6.65. The molecule has 2 nitrogen and oxygen atoms in total. The van der Waals surface area contributed by atoms with Crippen LogP contribution in [0.1, 0.15) is 6.42 Å². The highest BCUT2D eigenvalue weighted by atomic mass is 79.9. The van der Waals surface area contributed by atoms with Crippen molar-refractivity contribution in [3.8, 4) is 0 Å². The van der Waals surface area contributed by atoms with Crippen molar-refractivity contribution < 1.29 is 9.18 Å². The van der Waals surface area contributed by atoms with Gasteiger partial charge in [-0.2, -0.15) is 0 Å². The van der Waals surface area contributed by atoms with Gasteiger partial charge in [-0.05, 0) is 28.1 Å². The molecule has 0 aliphatic heterocycles. The topological polar surface area (TPSA) is 29.1 Å². The monoisotopic (exact) mass is 279 g/mol. The van der Waals surface area contributed by atoms with Gasteiger partial charge < -0.3 is 5.32 Å². The number of carbonyl (C=O) groups excluding carboxylic acids is 1. The number of carbonyl (C=O) groups is 1. The van der Waals surface area contributed by atoms with Crippen molar-refractivity contribution in [3.05, 3.63) is 28.5 Å². The largest absolute Gasteiger partial charge is 0.325 e. The number of benzene rings is 1. The standard InChI is InChI=1S/C9H8BrClFNO/c10-9-6(12)2-1-3-7(9)13-8(14)4-5-11/h1-3H,4-5H2,(H,13,14). The van der Waals surface area contributed by atoms with Crippen molar-refractivity contribution in [2.24, 2.45) is 0 Å². The first-order valence-corrected chi connectivity index (χ1v) is 5.27. The van der Waals surface area contributed by atoms with Crippen LogP contribution in [0.4, 0.5) is 10.1 Å². The zero-order valence-electron chi connectivity index (χ0n) is 7.19. The van der Waals surface area contributed by atoms with Crippen LogP contribution in [-0.4, -0.2) is 11.8 Å². The van der Waals surface area contributed by atoms with Crippen LogP contribution in [-0.2, 0) is 4.79 Å². The van der Waals surface area contributed by atoms with E-state index in [0.29, 0.717) is 5.69 Å². The van der Waals surface area contributed by atoms with E-state index in [1.54, 1.807) is 6.07 Å². The summed E-state index contributed by atoms with van der Waals surface area (Å²) in [5.41, 5.74) is 0.417. The Hall–Kier alpha value is -0.610. The first-order valence-electron chi connectivity index (χ1n) is 3.95. The molecule has 0 aliphatic rings. The van der Waals surface area contributed by atoms with Crippen LogP contribution in [0.5, 0.6) is 0 Å². The van der Waals surface area contributed by atoms with E-state index < -0.39 is 5.82 Å². The molecule has 5 heteroatoms. The summed E-state index contributed by atoms with van der Waals surface area (Å²) >= 11 is 8.42. The molecule has 1 amide bonds.